The quantitative estimate of drug-likeness (QED) is 0.701. The predicted octanol–water partition coefficient (Wildman–Crippen LogP) is 3.75. The molecule has 2 aromatic rings. The minimum absolute atomic E-state index is 0.144. The maximum atomic E-state index is 14.1. The average molecular weight is 256 g/mol. The molecule has 1 saturated carbocycles. The molecule has 0 radical (unpaired) electrons. The van der Waals surface area contributed by atoms with Crippen molar-refractivity contribution in [1.29, 1.82) is 0 Å². The number of halogens is 2. The third-order valence-corrected chi connectivity index (χ3v) is 4.13. The molecule has 3 heteroatoms. The Morgan fingerprint density at radius 3 is 1.68 bits per heavy atom. The summed E-state index contributed by atoms with van der Waals surface area (Å²) in [7, 11) is 0. The number of carbonyl (C=O) groups excluding carboxylic acids is 1. The molecule has 0 N–H and O–H groups in total. The monoisotopic (exact) mass is 256 g/mol. The van der Waals surface area contributed by atoms with Gasteiger partial charge in [0.25, 0.3) is 5.92 Å². The first-order valence-electron chi connectivity index (χ1n) is 6.22. The first-order chi connectivity index (χ1) is 9.12. The Labute approximate surface area is 108 Å². The normalized spacial score (nSPS) is 25.9. The molecule has 1 nitrogen and oxygen atoms in total. The van der Waals surface area contributed by atoms with E-state index in [1.54, 1.807) is 48.5 Å². The van der Waals surface area contributed by atoms with Crippen molar-refractivity contribution in [3.8, 4) is 0 Å². The van der Waals surface area contributed by atoms with E-state index in [2.05, 4.69) is 0 Å². The van der Waals surface area contributed by atoms with Crippen LogP contribution < -0.4 is 0 Å². The molecular weight excluding hydrogens is 246 g/mol. The Morgan fingerprint density at radius 1 is 0.789 bits per heavy atom. The molecule has 4 rings (SSSR count). The highest BCUT2D eigenvalue weighted by Gasteiger charge is 2.71. The lowest BCUT2D eigenvalue weighted by Crippen LogP contribution is -2.09. The first-order valence-corrected chi connectivity index (χ1v) is 6.22. The number of benzene rings is 2. The van der Waals surface area contributed by atoms with Crippen molar-refractivity contribution in [3.63, 3.8) is 0 Å². The van der Waals surface area contributed by atoms with Gasteiger partial charge in [0.15, 0.2) is 5.78 Å². The van der Waals surface area contributed by atoms with Crippen molar-refractivity contribution in [2.24, 2.45) is 0 Å². The van der Waals surface area contributed by atoms with Crippen LogP contribution in [0.25, 0.3) is 0 Å². The summed E-state index contributed by atoms with van der Waals surface area (Å²) in [6, 6.07) is 13.5. The molecule has 0 aromatic heterocycles. The van der Waals surface area contributed by atoms with Crippen LogP contribution in [0.1, 0.15) is 38.9 Å². The molecule has 94 valence electrons. The summed E-state index contributed by atoms with van der Waals surface area (Å²) in [5, 5.41) is 0. The van der Waals surface area contributed by atoms with Crippen molar-refractivity contribution in [1.82, 2.24) is 0 Å². The average Bonchev–Trinajstić information content (AvgIpc) is 3.02. The van der Waals surface area contributed by atoms with Gasteiger partial charge >= 0.3 is 0 Å². The zero-order chi connectivity index (χ0) is 13.2. The Balaban J connectivity index is 2.05. The number of ketones is 1. The predicted molar refractivity (Wildman–Crippen MR) is 66.7 cm³/mol. The van der Waals surface area contributed by atoms with Crippen LogP contribution in [0.5, 0.6) is 0 Å². The van der Waals surface area contributed by atoms with E-state index in [0.29, 0.717) is 22.3 Å². The molecule has 0 amide bonds. The number of hydrogen-bond acceptors (Lipinski definition) is 1. The van der Waals surface area contributed by atoms with Gasteiger partial charge in [-0.3, -0.25) is 4.79 Å². The van der Waals surface area contributed by atoms with Crippen LogP contribution in [0.2, 0.25) is 0 Å². The lowest BCUT2D eigenvalue weighted by atomic mass is 9.96. The molecular formula is C16H10F2O. The summed E-state index contributed by atoms with van der Waals surface area (Å²) in [5.74, 6) is -4.59. The summed E-state index contributed by atoms with van der Waals surface area (Å²) in [6.45, 7) is 0. The van der Waals surface area contributed by atoms with Crippen LogP contribution in [0.3, 0.4) is 0 Å². The maximum Gasteiger partial charge on any atom is 0.263 e. The van der Waals surface area contributed by atoms with Crippen molar-refractivity contribution in [3.05, 3.63) is 70.8 Å². The lowest BCUT2D eigenvalue weighted by molar-refractivity contribution is 0.0996. The highest BCUT2D eigenvalue weighted by atomic mass is 19.3. The molecule has 0 heterocycles. The third-order valence-electron chi connectivity index (χ3n) is 4.13. The van der Waals surface area contributed by atoms with Crippen molar-refractivity contribution in [2.75, 3.05) is 0 Å². The van der Waals surface area contributed by atoms with E-state index < -0.39 is 17.8 Å². The van der Waals surface area contributed by atoms with Gasteiger partial charge in [-0.25, -0.2) is 8.78 Å². The lowest BCUT2D eigenvalue weighted by Gasteiger charge is -2.09. The number of alkyl halides is 2. The molecule has 2 atom stereocenters. The molecule has 0 saturated heterocycles. The fraction of sp³-hybridized carbons (Fsp3) is 0.188. The molecule has 0 bridgehead atoms. The summed E-state index contributed by atoms with van der Waals surface area (Å²) >= 11 is 0. The van der Waals surface area contributed by atoms with Gasteiger partial charge in [-0.1, -0.05) is 48.5 Å². The van der Waals surface area contributed by atoms with Gasteiger partial charge in [0.1, 0.15) is 0 Å². The van der Waals surface area contributed by atoms with E-state index >= 15 is 0 Å². The zero-order valence-corrected chi connectivity index (χ0v) is 9.94. The standard InChI is InChI=1S/C16H10F2O/c17-16(18)13-9-5-1-3-7-11(9)15(19)12-8-4-2-6-10(12)14(13)16/h1-8,13-14H. The molecule has 2 aliphatic carbocycles. The van der Waals surface area contributed by atoms with Gasteiger partial charge in [0.2, 0.25) is 0 Å². The SMILES string of the molecule is O=C1c2ccccc2C2C(c3ccccc31)C2(F)F. The van der Waals surface area contributed by atoms with Crippen LogP contribution >= 0.6 is 0 Å². The van der Waals surface area contributed by atoms with Gasteiger partial charge in [0, 0.05) is 11.1 Å². The van der Waals surface area contributed by atoms with Gasteiger partial charge in [-0.05, 0) is 11.1 Å². The summed E-state index contributed by atoms with van der Waals surface area (Å²) in [6.07, 6.45) is 0. The van der Waals surface area contributed by atoms with Crippen molar-refractivity contribution in [2.45, 2.75) is 17.8 Å². The second-order valence-corrected chi connectivity index (χ2v) is 5.13. The van der Waals surface area contributed by atoms with Gasteiger partial charge in [-0.15, -0.1) is 0 Å². The fourth-order valence-corrected chi connectivity index (χ4v) is 3.20. The van der Waals surface area contributed by atoms with E-state index in [-0.39, 0.29) is 5.78 Å². The largest absolute Gasteiger partial charge is 0.289 e. The van der Waals surface area contributed by atoms with Crippen LogP contribution in [-0.2, 0) is 0 Å². The zero-order valence-electron chi connectivity index (χ0n) is 9.94. The second kappa shape index (κ2) is 3.29. The highest BCUT2D eigenvalue weighted by molar-refractivity contribution is 6.12. The smallest absolute Gasteiger partial charge is 0.263 e. The van der Waals surface area contributed by atoms with E-state index in [1.807, 2.05) is 0 Å². The minimum Gasteiger partial charge on any atom is -0.289 e. The molecule has 0 aliphatic heterocycles. The molecule has 2 aliphatic rings. The van der Waals surface area contributed by atoms with Gasteiger partial charge in [-0.2, -0.15) is 0 Å². The number of carbonyl (C=O) groups is 1. The van der Waals surface area contributed by atoms with Crippen molar-refractivity contribution < 1.29 is 13.6 Å². The number of rotatable bonds is 0. The minimum atomic E-state index is -2.74. The molecule has 2 unspecified atom stereocenters. The maximum absolute atomic E-state index is 14.1. The Kier molecular flexibility index (Phi) is 1.88. The second-order valence-electron chi connectivity index (χ2n) is 5.13. The van der Waals surface area contributed by atoms with E-state index in [9.17, 15) is 13.6 Å². The van der Waals surface area contributed by atoms with Crippen LogP contribution in [-0.4, -0.2) is 11.7 Å². The Bertz CT molecular complexity index is 648. The number of fused-ring (bicyclic) bond motifs is 5. The molecule has 1 fully saturated rings. The fourth-order valence-electron chi connectivity index (χ4n) is 3.20. The van der Waals surface area contributed by atoms with E-state index in [1.165, 1.54) is 0 Å². The van der Waals surface area contributed by atoms with Crippen LogP contribution in [0.4, 0.5) is 8.78 Å². The molecule has 19 heavy (non-hydrogen) atoms. The van der Waals surface area contributed by atoms with Crippen LogP contribution in [0, 0.1) is 0 Å². The topological polar surface area (TPSA) is 17.1 Å². The third kappa shape index (κ3) is 1.25. The summed E-state index contributed by atoms with van der Waals surface area (Å²) in [5.41, 5.74) is 1.80. The Morgan fingerprint density at radius 2 is 1.21 bits per heavy atom. The Hall–Kier alpha value is -2.03. The highest BCUT2D eigenvalue weighted by Crippen LogP contribution is 2.69. The van der Waals surface area contributed by atoms with E-state index in [4.69, 9.17) is 0 Å². The summed E-state index contributed by atoms with van der Waals surface area (Å²) in [4.78, 5) is 12.5. The molecule has 2 aromatic carbocycles. The molecule has 0 spiro atoms. The van der Waals surface area contributed by atoms with Crippen molar-refractivity contribution >= 4 is 5.78 Å². The van der Waals surface area contributed by atoms with Crippen LogP contribution in [0.15, 0.2) is 48.5 Å². The summed E-state index contributed by atoms with van der Waals surface area (Å²) < 4.78 is 28.1. The van der Waals surface area contributed by atoms with E-state index in [0.717, 1.165) is 0 Å². The van der Waals surface area contributed by atoms with Gasteiger partial charge in [0.05, 0.1) is 11.8 Å². The first kappa shape index (κ1) is 10.9. The van der Waals surface area contributed by atoms with Gasteiger partial charge < -0.3 is 0 Å². The number of hydrogen-bond donors (Lipinski definition) is 0.